The number of hydrogen-bond donors (Lipinski definition) is 4. The highest BCUT2D eigenvalue weighted by Gasteiger charge is 2.53. The summed E-state index contributed by atoms with van der Waals surface area (Å²) in [5, 5.41) is 14.8. The van der Waals surface area contributed by atoms with Gasteiger partial charge in [-0.3, -0.25) is 47.4 Å². The SMILES string of the molecule is COc1ccc(C(OC[C@H]2O[C@@H](n3cnc4c(=O)[nH]c(NC(=O)C(C)C)nc43)[C@H](OP(=O)(OCCC#N)OC[C@@H]3C[C@@H](O[P+](=O)O)[C@H](n4cnc5c(NC(=O)c6ccccc6)ncnc54)O3)[C@@H]2F)(c2ccccc2)c2ccc(OC)cc2)cc1. The molecule has 29 heteroatoms. The molecule has 0 radical (unpaired) electrons. The van der Waals surface area contributed by atoms with Crippen LogP contribution in [0.2, 0.25) is 0 Å². The maximum Gasteiger partial charge on any atom is 0.695 e. The van der Waals surface area contributed by atoms with E-state index in [4.69, 9.17) is 41.8 Å². The summed E-state index contributed by atoms with van der Waals surface area (Å²) < 4.78 is 102. The number of methoxy groups -OCH3 is 2. The van der Waals surface area contributed by atoms with E-state index in [9.17, 15) is 29.1 Å². The molecule has 4 N–H and O–H groups in total. The molecule has 84 heavy (non-hydrogen) atoms. The number of hydrogen-bond acceptors (Lipinski definition) is 20. The maximum atomic E-state index is 18.1. The lowest BCUT2D eigenvalue weighted by molar-refractivity contribution is -0.118. The second-order valence-electron chi connectivity index (χ2n) is 19.4. The van der Waals surface area contributed by atoms with Crippen molar-refractivity contribution in [1.82, 2.24) is 39.0 Å². The van der Waals surface area contributed by atoms with Crippen molar-refractivity contribution >= 4 is 62.0 Å². The van der Waals surface area contributed by atoms with Gasteiger partial charge < -0.3 is 29.0 Å². The van der Waals surface area contributed by atoms with Crippen molar-refractivity contribution in [2.75, 3.05) is 44.7 Å². The molecule has 0 bridgehead atoms. The summed E-state index contributed by atoms with van der Waals surface area (Å²) in [7, 11) is -5.29. The van der Waals surface area contributed by atoms with Gasteiger partial charge in [-0.05, 0) is 53.1 Å². The molecule has 4 aromatic carbocycles. The number of nitrogens with zero attached hydrogens (tertiary/aromatic N) is 8. The van der Waals surface area contributed by atoms with Crippen LogP contribution in [-0.2, 0) is 51.8 Å². The van der Waals surface area contributed by atoms with Crippen LogP contribution >= 0.6 is 16.1 Å². The molecule has 2 aliphatic heterocycles. The number of nitriles is 1. The summed E-state index contributed by atoms with van der Waals surface area (Å²) in [5.41, 5.74) is -0.289. The van der Waals surface area contributed by atoms with Crippen LogP contribution in [-0.4, -0.2) is 120 Å². The number of nitrogens with one attached hydrogen (secondary N) is 3. The van der Waals surface area contributed by atoms with Gasteiger partial charge in [0.1, 0.15) is 35.6 Å². The number of anilines is 2. The quantitative estimate of drug-likeness (QED) is 0.0254. The molecule has 2 saturated heterocycles. The van der Waals surface area contributed by atoms with Crippen LogP contribution in [0.25, 0.3) is 22.3 Å². The van der Waals surface area contributed by atoms with Gasteiger partial charge in [0.2, 0.25) is 11.9 Å². The van der Waals surface area contributed by atoms with E-state index in [0.29, 0.717) is 33.8 Å². The number of imidazole rings is 2. The number of alkyl halides is 1. The number of phosphoric ester groups is 1. The number of ether oxygens (including phenoxy) is 5. The molecule has 10 rings (SSSR count). The van der Waals surface area contributed by atoms with Crippen LogP contribution < -0.4 is 25.7 Å². The fourth-order valence-corrected chi connectivity index (χ4v) is 11.5. The van der Waals surface area contributed by atoms with E-state index in [2.05, 4.69) is 40.5 Å². The van der Waals surface area contributed by atoms with E-state index in [1.54, 1.807) is 92.7 Å². The fraction of sp³-hybridized carbons (Fsp3) is 0.327. The van der Waals surface area contributed by atoms with Crippen LogP contribution in [0.3, 0.4) is 0 Å². The van der Waals surface area contributed by atoms with Gasteiger partial charge in [-0.25, -0.2) is 28.9 Å². The number of carbonyl (C=O) groups is 2. The number of fused-ring (bicyclic) bond motifs is 2. The first-order valence-corrected chi connectivity index (χ1v) is 28.7. The molecule has 0 spiro atoms. The molecule has 4 aromatic heterocycles. The Balaban J connectivity index is 0.984. The number of phosphoric acid groups is 1. The molecule has 8 aromatic rings. The molecule has 2 fully saturated rings. The zero-order valence-electron chi connectivity index (χ0n) is 45.3. The first-order valence-electron chi connectivity index (χ1n) is 26.1. The minimum absolute atomic E-state index is 0.0487. The summed E-state index contributed by atoms with van der Waals surface area (Å²) in [6, 6.07) is 33.7. The zero-order chi connectivity index (χ0) is 59.1. The average molecular weight is 1190 g/mol. The third kappa shape index (κ3) is 12.5. The Hall–Kier alpha value is -8.25. The lowest BCUT2D eigenvalue weighted by Crippen LogP contribution is -2.38. The Morgan fingerprint density at radius 2 is 1.48 bits per heavy atom. The first kappa shape index (κ1) is 58.9. The number of benzene rings is 4. The zero-order valence-corrected chi connectivity index (χ0v) is 47.1. The van der Waals surface area contributed by atoms with Gasteiger partial charge in [-0.15, -0.1) is 9.42 Å². The van der Waals surface area contributed by atoms with E-state index in [1.807, 2.05) is 36.4 Å². The second kappa shape index (κ2) is 25.7. The van der Waals surface area contributed by atoms with Gasteiger partial charge in [-0.1, -0.05) is 86.6 Å². The molecular formula is C55H55FN11O15P2+. The summed E-state index contributed by atoms with van der Waals surface area (Å²) in [6.07, 6.45) is -8.04. The number of H-pyrrole nitrogens is 1. The van der Waals surface area contributed by atoms with Crippen LogP contribution in [0, 0.1) is 17.2 Å². The van der Waals surface area contributed by atoms with E-state index in [1.165, 1.54) is 36.0 Å². The van der Waals surface area contributed by atoms with Crippen molar-refractivity contribution in [3.63, 3.8) is 0 Å². The number of aromatic amines is 1. The van der Waals surface area contributed by atoms with Crippen molar-refractivity contribution in [2.45, 2.75) is 75.3 Å². The standard InChI is InChI=1S/C55H54FN11O15P2/c1-32(2)49(68)64-54-63-48-44(51(70)65-54)61-31-67(48)53-45(42(56)41(80-53)28-76-55(34-14-9-6-10-15-34,35-16-20-37(74-3)21-17-35)36-18-22-38(75-4)23-19-36)82-84(73,77-25-11-24-57)78-27-39-26-40(81-83(71)72)52(79-39)66-30-60-43-46(58-29-59-47(43)66)62-50(69)33-12-7-5-8-13-33/h5-10,12-23,29-32,39-42,45,52-53H,11,25-28H2,1-4H3,(H3-,58,59,62,63,64,65,68,69,70,71,72)/p+1/t39-,40+,41+,42+,45+,52+,53+,84?/m0/s1. The van der Waals surface area contributed by atoms with Crippen molar-refractivity contribution in [2.24, 2.45) is 5.92 Å². The van der Waals surface area contributed by atoms with Gasteiger partial charge in [0, 0.05) is 22.5 Å². The predicted octanol–water partition coefficient (Wildman–Crippen LogP) is 7.83. The number of amides is 2. The summed E-state index contributed by atoms with van der Waals surface area (Å²) in [4.78, 5) is 73.6. The van der Waals surface area contributed by atoms with Gasteiger partial charge in [-0.2, -0.15) is 10.2 Å². The van der Waals surface area contributed by atoms with Gasteiger partial charge in [0.15, 0.2) is 52.9 Å². The molecule has 2 aliphatic rings. The lowest BCUT2D eigenvalue weighted by atomic mass is 9.80. The van der Waals surface area contributed by atoms with Crippen LogP contribution in [0.4, 0.5) is 16.2 Å². The highest BCUT2D eigenvalue weighted by atomic mass is 31.2. The minimum atomic E-state index is -5.11. The first-order chi connectivity index (χ1) is 40.6. The number of aromatic nitrogens is 8. The largest absolute Gasteiger partial charge is 0.695 e. The van der Waals surface area contributed by atoms with Crippen molar-refractivity contribution in [3.05, 3.63) is 161 Å². The molecule has 0 aliphatic carbocycles. The van der Waals surface area contributed by atoms with Crippen LogP contribution in [0.15, 0.2) is 133 Å². The lowest BCUT2D eigenvalue weighted by Gasteiger charge is -2.37. The normalized spacial score (nSPS) is 20.6. The number of rotatable bonds is 24. The Morgan fingerprint density at radius 3 is 2.11 bits per heavy atom. The molecule has 2 unspecified atom stereocenters. The van der Waals surface area contributed by atoms with Gasteiger partial charge in [0.05, 0.1) is 65.3 Å². The predicted molar refractivity (Wildman–Crippen MR) is 296 cm³/mol. The van der Waals surface area contributed by atoms with Crippen molar-refractivity contribution < 1.29 is 69.8 Å². The summed E-state index contributed by atoms with van der Waals surface area (Å²) in [6.45, 7) is 1.52. The van der Waals surface area contributed by atoms with Crippen molar-refractivity contribution in [1.29, 1.82) is 5.26 Å². The molecule has 436 valence electrons. The summed E-state index contributed by atoms with van der Waals surface area (Å²) >= 11 is 0. The number of carbonyl (C=O) groups excluding carboxylic acids is 2. The van der Waals surface area contributed by atoms with Crippen LogP contribution in [0.1, 0.15) is 66.2 Å². The van der Waals surface area contributed by atoms with E-state index in [-0.39, 0.29) is 46.9 Å². The van der Waals surface area contributed by atoms with E-state index < -0.39 is 108 Å². The van der Waals surface area contributed by atoms with Gasteiger partial charge >= 0.3 is 16.1 Å². The van der Waals surface area contributed by atoms with Gasteiger partial charge in [0.25, 0.3) is 11.5 Å². The highest BCUT2D eigenvalue weighted by Crippen LogP contribution is 2.55. The topological polar surface area (TPSA) is 327 Å². The third-order valence-corrected chi connectivity index (χ3v) is 15.7. The Bertz CT molecular complexity index is 3750. The highest BCUT2D eigenvalue weighted by molar-refractivity contribution is 7.48. The third-order valence-electron chi connectivity index (χ3n) is 13.8. The molecule has 2 amide bonds. The summed E-state index contributed by atoms with van der Waals surface area (Å²) in [5.74, 6) is -0.614. The minimum Gasteiger partial charge on any atom is -0.497 e. The average Bonchev–Trinajstić information content (AvgIpc) is 1.64. The Morgan fingerprint density at radius 1 is 0.845 bits per heavy atom. The van der Waals surface area contributed by atoms with E-state index >= 15 is 8.96 Å². The molecule has 9 atom stereocenters. The Kier molecular flexibility index (Phi) is 18.0. The second-order valence-corrected chi connectivity index (χ2v) is 21.7. The monoisotopic (exact) mass is 1190 g/mol. The number of halogens is 1. The Labute approximate surface area is 478 Å². The molecule has 0 saturated carbocycles. The smallest absolute Gasteiger partial charge is 0.497 e. The molecule has 26 nitrogen and oxygen atoms in total. The fourth-order valence-electron chi connectivity index (χ4n) is 9.68. The van der Waals surface area contributed by atoms with Crippen LogP contribution in [0.5, 0.6) is 11.5 Å². The maximum absolute atomic E-state index is 18.1. The van der Waals surface area contributed by atoms with E-state index in [0.717, 1.165) is 6.33 Å². The molecule has 6 heterocycles. The van der Waals surface area contributed by atoms with Crippen molar-refractivity contribution in [3.8, 4) is 17.6 Å². The molecular weight excluding hydrogens is 1140 g/mol.